The van der Waals surface area contributed by atoms with E-state index in [1.807, 2.05) is 12.1 Å². The molecule has 0 spiro atoms. The molecule has 0 fully saturated rings. The number of anilines is 1. The molecule has 0 bridgehead atoms. The van der Waals surface area contributed by atoms with Gasteiger partial charge < -0.3 is 10.3 Å². The van der Waals surface area contributed by atoms with Crippen LogP contribution in [0.25, 0.3) is 11.0 Å². The van der Waals surface area contributed by atoms with E-state index in [1.165, 1.54) is 0 Å². The first-order chi connectivity index (χ1) is 5.79. The van der Waals surface area contributed by atoms with Gasteiger partial charge in [-0.15, -0.1) is 0 Å². The van der Waals surface area contributed by atoms with Crippen molar-refractivity contribution in [3.8, 4) is 0 Å². The highest BCUT2D eigenvalue weighted by atomic mass is 16.5. The van der Waals surface area contributed by atoms with E-state index in [2.05, 4.69) is 5.16 Å². The highest BCUT2D eigenvalue weighted by Gasteiger charge is 1.99. The Morgan fingerprint density at radius 2 is 2.08 bits per heavy atom. The van der Waals surface area contributed by atoms with Crippen molar-refractivity contribution < 1.29 is 4.52 Å². The second-order valence-corrected chi connectivity index (χ2v) is 2.44. The van der Waals surface area contributed by atoms with E-state index in [1.54, 1.807) is 12.1 Å². The van der Waals surface area contributed by atoms with Gasteiger partial charge in [0, 0.05) is 5.39 Å². The quantitative estimate of drug-likeness (QED) is 0.602. The molecule has 0 aliphatic heterocycles. The smallest absolute Gasteiger partial charge is 0.189 e. The zero-order valence-corrected chi connectivity index (χ0v) is 6.24. The van der Waals surface area contributed by atoms with Crippen LogP contribution in [-0.4, -0.2) is 5.16 Å². The van der Waals surface area contributed by atoms with Crippen molar-refractivity contribution in [2.24, 2.45) is 0 Å². The third kappa shape index (κ3) is 0.852. The number of nitrogens with zero attached hydrogens (tertiary/aromatic N) is 1. The number of para-hydroxylation sites is 1. The van der Waals surface area contributed by atoms with Gasteiger partial charge in [-0.25, -0.2) is 0 Å². The molecule has 2 aromatic rings. The molecule has 4 heteroatoms. The summed E-state index contributed by atoms with van der Waals surface area (Å²) in [4.78, 5) is 0. The summed E-state index contributed by atoms with van der Waals surface area (Å²) in [5.41, 5.74) is 5.97. The summed E-state index contributed by atoms with van der Waals surface area (Å²) < 4.78 is 4.93. The van der Waals surface area contributed by atoms with Crippen LogP contribution in [0.2, 0.25) is 0 Å². The van der Waals surface area contributed by atoms with Crippen LogP contribution < -0.4 is 11.1 Å². The largest absolute Gasteiger partial charge is 0.379 e. The Kier molecular flexibility index (Phi) is 1.33. The second-order valence-electron chi connectivity index (χ2n) is 2.44. The van der Waals surface area contributed by atoms with Gasteiger partial charge in [-0.2, -0.15) is 0 Å². The molecule has 0 aliphatic rings. The van der Waals surface area contributed by atoms with Crippen LogP contribution in [0.5, 0.6) is 0 Å². The van der Waals surface area contributed by atoms with Gasteiger partial charge in [0.05, 0.1) is 0 Å². The lowest BCUT2D eigenvalue weighted by Gasteiger charge is -1.95. The summed E-state index contributed by atoms with van der Waals surface area (Å²) in [7, 11) is 0. The molecule has 4 nitrogen and oxygen atoms in total. The molecule has 2 rings (SSSR count). The third-order valence-electron chi connectivity index (χ3n) is 1.65. The first-order valence-corrected chi connectivity index (χ1v) is 3.48. The molecule has 0 unspecified atom stereocenters. The van der Waals surface area contributed by atoms with Crippen LogP contribution in [-0.2, 0) is 0 Å². The van der Waals surface area contributed by atoms with E-state index in [9.17, 15) is 0 Å². The lowest BCUT2D eigenvalue weighted by Crippen LogP contribution is -2.10. The topological polar surface area (TPSA) is 75.9 Å². The number of benzene rings is 1. The summed E-state index contributed by atoms with van der Waals surface area (Å²) in [5, 5.41) is 12.0. The van der Waals surface area contributed by atoms with Crippen molar-refractivity contribution >= 4 is 16.8 Å². The zero-order valence-electron chi connectivity index (χ0n) is 6.24. The lowest BCUT2D eigenvalue weighted by atomic mass is 10.2. The SMILES string of the molecule is N=c1c(N)noc2ccccc12. The van der Waals surface area contributed by atoms with Crippen LogP contribution in [0.3, 0.4) is 0 Å². The maximum atomic E-state index is 7.54. The van der Waals surface area contributed by atoms with E-state index in [4.69, 9.17) is 15.7 Å². The monoisotopic (exact) mass is 161 g/mol. The van der Waals surface area contributed by atoms with Gasteiger partial charge in [-0.05, 0) is 12.1 Å². The molecule has 0 amide bonds. The molecule has 0 aliphatic carbocycles. The number of nitrogen functional groups attached to an aromatic ring is 1. The number of hydrogen-bond donors (Lipinski definition) is 2. The molecule has 0 saturated carbocycles. The average molecular weight is 161 g/mol. The van der Waals surface area contributed by atoms with E-state index >= 15 is 0 Å². The molecular formula is C8H7N3O. The van der Waals surface area contributed by atoms with Gasteiger partial charge >= 0.3 is 0 Å². The molecule has 3 N–H and O–H groups in total. The Morgan fingerprint density at radius 1 is 1.33 bits per heavy atom. The normalized spacial score (nSPS) is 10.3. The Morgan fingerprint density at radius 3 is 2.92 bits per heavy atom. The van der Waals surface area contributed by atoms with Crippen LogP contribution in [0.1, 0.15) is 0 Å². The number of nitrogens with two attached hydrogens (primary N) is 1. The van der Waals surface area contributed by atoms with Crippen molar-refractivity contribution in [2.45, 2.75) is 0 Å². The van der Waals surface area contributed by atoms with Crippen molar-refractivity contribution in [3.05, 3.63) is 29.6 Å². The van der Waals surface area contributed by atoms with Gasteiger partial charge in [0.1, 0.15) is 5.36 Å². The van der Waals surface area contributed by atoms with Crippen molar-refractivity contribution in [3.63, 3.8) is 0 Å². The number of aromatic nitrogens is 1. The highest BCUT2D eigenvalue weighted by Crippen LogP contribution is 2.07. The van der Waals surface area contributed by atoms with Crippen LogP contribution >= 0.6 is 0 Å². The fourth-order valence-corrected chi connectivity index (χ4v) is 1.03. The summed E-state index contributed by atoms with van der Waals surface area (Å²) in [6.07, 6.45) is 0. The number of rotatable bonds is 0. The zero-order chi connectivity index (χ0) is 8.55. The van der Waals surface area contributed by atoms with Crippen LogP contribution in [0.4, 0.5) is 5.82 Å². The molecule has 12 heavy (non-hydrogen) atoms. The van der Waals surface area contributed by atoms with Gasteiger partial charge in [0.2, 0.25) is 0 Å². The number of fused-ring (bicyclic) bond motifs is 1. The molecule has 1 aromatic carbocycles. The molecule has 60 valence electrons. The fraction of sp³-hybridized carbons (Fsp3) is 0. The molecule has 0 atom stereocenters. The Labute approximate surface area is 68.1 Å². The first kappa shape index (κ1) is 6.84. The Bertz CT molecular complexity index is 475. The highest BCUT2D eigenvalue weighted by molar-refractivity contribution is 5.77. The Hall–Kier alpha value is -1.84. The maximum Gasteiger partial charge on any atom is 0.189 e. The maximum absolute atomic E-state index is 7.54. The van der Waals surface area contributed by atoms with E-state index in [0.29, 0.717) is 11.0 Å². The van der Waals surface area contributed by atoms with E-state index in [0.717, 1.165) is 0 Å². The van der Waals surface area contributed by atoms with Crippen molar-refractivity contribution in [2.75, 3.05) is 5.73 Å². The lowest BCUT2D eigenvalue weighted by molar-refractivity contribution is 0.445. The predicted molar refractivity (Wildman–Crippen MR) is 44.3 cm³/mol. The van der Waals surface area contributed by atoms with E-state index in [-0.39, 0.29) is 11.2 Å². The predicted octanol–water partition coefficient (Wildman–Crippen LogP) is 0.889. The van der Waals surface area contributed by atoms with Gasteiger partial charge in [-0.3, -0.25) is 5.41 Å². The van der Waals surface area contributed by atoms with Gasteiger partial charge in [-0.1, -0.05) is 17.3 Å². The van der Waals surface area contributed by atoms with Crippen molar-refractivity contribution in [1.29, 1.82) is 5.41 Å². The first-order valence-electron chi connectivity index (χ1n) is 3.48. The molecular weight excluding hydrogens is 154 g/mol. The summed E-state index contributed by atoms with van der Waals surface area (Å²) in [5.74, 6) is 0.119. The summed E-state index contributed by atoms with van der Waals surface area (Å²) >= 11 is 0. The number of nitrogens with one attached hydrogen (secondary N) is 1. The van der Waals surface area contributed by atoms with Crippen LogP contribution in [0, 0.1) is 5.41 Å². The minimum Gasteiger partial charge on any atom is -0.379 e. The number of hydrogen-bond acceptors (Lipinski definition) is 4. The van der Waals surface area contributed by atoms with E-state index < -0.39 is 0 Å². The fourth-order valence-electron chi connectivity index (χ4n) is 1.03. The second kappa shape index (κ2) is 2.34. The molecule has 1 aromatic heterocycles. The summed E-state index contributed by atoms with van der Waals surface area (Å²) in [6.45, 7) is 0. The third-order valence-corrected chi connectivity index (χ3v) is 1.65. The molecule has 0 saturated heterocycles. The standard InChI is InChI=1S/C8H7N3O/c9-7-5-3-1-2-4-6(5)12-11-8(7)10/h1-4,9H,(H2,10,11). The Balaban J connectivity index is 3.01. The van der Waals surface area contributed by atoms with Gasteiger partial charge in [0.25, 0.3) is 0 Å². The molecule has 0 radical (unpaired) electrons. The van der Waals surface area contributed by atoms with Crippen molar-refractivity contribution in [1.82, 2.24) is 5.16 Å². The van der Waals surface area contributed by atoms with Gasteiger partial charge in [0.15, 0.2) is 11.4 Å². The average Bonchev–Trinajstić information content (AvgIpc) is 2.12. The minimum absolute atomic E-state index is 0.119. The minimum atomic E-state index is 0.119. The molecule has 1 heterocycles. The van der Waals surface area contributed by atoms with Crippen LogP contribution in [0.15, 0.2) is 28.8 Å². The summed E-state index contributed by atoms with van der Waals surface area (Å²) in [6, 6.07) is 7.18.